The van der Waals surface area contributed by atoms with E-state index < -0.39 is 0 Å². The first-order chi connectivity index (χ1) is 8.15. The van der Waals surface area contributed by atoms with Gasteiger partial charge >= 0.3 is 0 Å². The van der Waals surface area contributed by atoms with Crippen molar-refractivity contribution in [3.8, 4) is 0 Å². The van der Waals surface area contributed by atoms with Crippen LogP contribution in [0.15, 0.2) is 30.5 Å². The van der Waals surface area contributed by atoms with Gasteiger partial charge in [0.25, 0.3) is 0 Å². The van der Waals surface area contributed by atoms with Crippen molar-refractivity contribution in [3.63, 3.8) is 0 Å². The lowest BCUT2D eigenvalue weighted by molar-refractivity contribution is 0.954. The van der Waals surface area contributed by atoms with E-state index in [2.05, 4.69) is 47.3 Å². The van der Waals surface area contributed by atoms with E-state index in [-0.39, 0.29) is 0 Å². The molecule has 0 spiro atoms. The highest BCUT2D eigenvalue weighted by Gasteiger charge is 2.00. The Kier molecular flexibility index (Phi) is 3.38. The van der Waals surface area contributed by atoms with Crippen LogP contribution >= 0.6 is 0 Å². The highest BCUT2D eigenvalue weighted by Crippen LogP contribution is 2.16. The Morgan fingerprint density at radius 2 is 1.94 bits per heavy atom. The molecule has 1 N–H and O–H groups in total. The number of anilines is 1. The van der Waals surface area contributed by atoms with Gasteiger partial charge in [0.15, 0.2) is 0 Å². The molecule has 2 rings (SSSR count). The first-order valence-electron chi connectivity index (χ1n) is 5.75. The summed E-state index contributed by atoms with van der Waals surface area (Å²) in [7, 11) is 0. The molecule has 88 valence electrons. The Morgan fingerprint density at radius 1 is 1.12 bits per heavy atom. The Morgan fingerprint density at radius 3 is 2.71 bits per heavy atom. The van der Waals surface area contributed by atoms with Crippen molar-refractivity contribution < 1.29 is 0 Å². The average molecular weight is 227 g/mol. The van der Waals surface area contributed by atoms with Gasteiger partial charge in [0.05, 0.1) is 12.2 Å². The predicted octanol–water partition coefficient (Wildman–Crippen LogP) is 3.01. The van der Waals surface area contributed by atoms with Crippen LogP contribution in [0.1, 0.15) is 22.6 Å². The quantitative estimate of drug-likeness (QED) is 0.875. The lowest BCUT2D eigenvalue weighted by atomic mass is 10.1. The molecule has 0 fully saturated rings. The molecule has 0 aliphatic rings. The minimum atomic E-state index is 0.730. The third-order valence-corrected chi connectivity index (χ3v) is 2.69. The number of aryl methyl sites for hydroxylation is 3. The van der Waals surface area contributed by atoms with Gasteiger partial charge in [-0.15, -0.1) is 0 Å². The van der Waals surface area contributed by atoms with Crippen LogP contribution in [0.3, 0.4) is 0 Å². The Bertz CT molecular complexity index is 521. The maximum atomic E-state index is 4.37. The average Bonchev–Trinajstić information content (AvgIpc) is 2.30. The van der Waals surface area contributed by atoms with Crippen LogP contribution in [0.5, 0.6) is 0 Å². The standard InChI is InChI=1S/C14H17N3/c1-10-4-5-11(2)14(8-10)16-9-13-6-7-15-12(3)17-13/h4-8,16H,9H2,1-3H3. The second-order valence-corrected chi connectivity index (χ2v) is 4.27. The van der Waals surface area contributed by atoms with Crippen molar-refractivity contribution in [3.05, 3.63) is 53.1 Å². The fourth-order valence-corrected chi connectivity index (χ4v) is 1.72. The molecule has 1 aromatic heterocycles. The van der Waals surface area contributed by atoms with Crippen LogP contribution < -0.4 is 5.32 Å². The molecule has 0 bridgehead atoms. The van der Waals surface area contributed by atoms with Gasteiger partial charge in [0.2, 0.25) is 0 Å². The van der Waals surface area contributed by atoms with E-state index in [0.717, 1.165) is 18.1 Å². The minimum Gasteiger partial charge on any atom is -0.379 e. The molecule has 0 radical (unpaired) electrons. The van der Waals surface area contributed by atoms with Gasteiger partial charge in [-0.3, -0.25) is 0 Å². The maximum absolute atomic E-state index is 4.37. The van der Waals surface area contributed by atoms with Gasteiger partial charge in [-0.25, -0.2) is 9.97 Å². The van der Waals surface area contributed by atoms with E-state index in [9.17, 15) is 0 Å². The summed E-state index contributed by atoms with van der Waals surface area (Å²) in [6, 6.07) is 8.34. The van der Waals surface area contributed by atoms with Gasteiger partial charge < -0.3 is 5.32 Å². The van der Waals surface area contributed by atoms with Gasteiger partial charge in [-0.1, -0.05) is 12.1 Å². The van der Waals surface area contributed by atoms with E-state index in [1.807, 2.05) is 13.0 Å². The molecule has 17 heavy (non-hydrogen) atoms. The van der Waals surface area contributed by atoms with Crippen molar-refractivity contribution in [2.45, 2.75) is 27.3 Å². The highest BCUT2D eigenvalue weighted by molar-refractivity contribution is 5.52. The van der Waals surface area contributed by atoms with Crippen molar-refractivity contribution in [1.29, 1.82) is 0 Å². The smallest absolute Gasteiger partial charge is 0.125 e. The molecule has 0 aliphatic carbocycles. The molecule has 3 heteroatoms. The second-order valence-electron chi connectivity index (χ2n) is 4.27. The second kappa shape index (κ2) is 4.95. The fraction of sp³-hybridized carbons (Fsp3) is 0.286. The van der Waals surface area contributed by atoms with Gasteiger partial charge in [-0.05, 0) is 44.0 Å². The maximum Gasteiger partial charge on any atom is 0.125 e. The summed E-state index contributed by atoms with van der Waals surface area (Å²) in [5, 5.41) is 3.41. The molecule has 2 aromatic rings. The zero-order chi connectivity index (χ0) is 12.3. The fourth-order valence-electron chi connectivity index (χ4n) is 1.72. The summed E-state index contributed by atoms with van der Waals surface area (Å²) >= 11 is 0. The Hall–Kier alpha value is -1.90. The normalized spacial score (nSPS) is 10.3. The summed E-state index contributed by atoms with van der Waals surface area (Å²) in [5.41, 5.74) is 4.69. The van der Waals surface area contributed by atoms with Gasteiger partial charge in [0.1, 0.15) is 5.82 Å². The summed E-state index contributed by atoms with van der Waals surface area (Å²) < 4.78 is 0. The van der Waals surface area contributed by atoms with Crippen molar-refractivity contribution in [2.75, 3.05) is 5.32 Å². The number of aromatic nitrogens is 2. The molecule has 0 atom stereocenters. The minimum absolute atomic E-state index is 0.730. The third kappa shape index (κ3) is 3.03. The van der Waals surface area contributed by atoms with Crippen molar-refractivity contribution in [2.24, 2.45) is 0 Å². The first-order valence-corrected chi connectivity index (χ1v) is 5.75. The molecule has 0 unspecified atom stereocenters. The molecule has 0 aliphatic heterocycles. The molecular weight excluding hydrogens is 210 g/mol. The Labute approximate surface area is 102 Å². The first kappa shape index (κ1) is 11.6. The van der Waals surface area contributed by atoms with Gasteiger partial charge in [-0.2, -0.15) is 0 Å². The van der Waals surface area contributed by atoms with Crippen LogP contribution in [0, 0.1) is 20.8 Å². The van der Waals surface area contributed by atoms with Crippen molar-refractivity contribution >= 4 is 5.69 Å². The lowest BCUT2D eigenvalue weighted by Gasteiger charge is -2.10. The molecule has 3 nitrogen and oxygen atoms in total. The summed E-state index contributed by atoms with van der Waals surface area (Å²) in [5.74, 6) is 0.810. The molecule has 1 heterocycles. The largest absolute Gasteiger partial charge is 0.379 e. The molecule has 0 saturated heterocycles. The zero-order valence-electron chi connectivity index (χ0n) is 10.5. The van der Waals surface area contributed by atoms with Crippen LogP contribution in [-0.4, -0.2) is 9.97 Å². The lowest BCUT2D eigenvalue weighted by Crippen LogP contribution is -2.04. The molecule has 0 amide bonds. The molecule has 1 aromatic carbocycles. The monoisotopic (exact) mass is 227 g/mol. The number of nitrogens with zero attached hydrogens (tertiary/aromatic N) is 2. The summed E-state index contributed by atoms with van der Waals surface area (Å²) in [4.78, 5) is 8.45. The summed E-state index contributed by atoms with van der Waals surface area (Å²) in [6.45, 7) is 6.83. The highest BCUT2D eigenvalue weighted by atomic mass is 14.9. The number of hydrogen-bond acceptors (Lipinski definition) is 3. The van der Waals surface area contributed by atoms with Crippen LogP contribution in [0.4, 0.5) is 5.69 Å². The van der Waals surface area contributed by atoms with Crippen LogP contribution in [-0.2, 0) is 6.54 Å². The van der Waals surface area contributed by atoms with Gasteiger partial charge in [0, 0.05) is 11.9 Å². The van der Waals surface area contributed by atoms with E-state index >= 15 is 0 Å². The number of rotatable bonds is 3. The third-order valence-electron chi connectivity index (χ3n) is 2.69. The zero-order valence-corrected chi connectivity index (χ0v) is 10.5. The van der Waals surface area contributed by atoms with Crippen molar-refractivity contribution in [1.82, 2.24) is 9.97 Å². The van der Waals surface area contributed by atoms with Crippen LogP contribution in [0.25, 0.3) is 0 Å². The summed E-state index contributed by atoms with van der Waals surface area (Å²) in [6.07, 6.45) is 1.79. The van der Waals surface area contributed by atoms with E-state index in [1.54, 1.807) is 6.20 Å². The van der Waals surface area contributed by atoms with E-state index in [0.29, 0.717) is 0 Å². The number of benzene rings is 1. The topological polar surface area (TPSA) is 37.8 Å². The predicted molar refractivity (Wildman–Crippen MR) is 70.0 cm³/mol. The molecule has 0 saturated carbocycles. The van der Waals surface area contributed by atoms with E-state index in [1.165, 1.54) is 16.8 Å². The Balaban J connectivity index is 2.09. The SMILES string of the molecule is Cc1ccc(C)c(NCc2ccnc(C)n2)c1. The van der Waals surface area contributed by atoms with Crippen LogP contribution in [0.2, 0.25) is 0 Å². The van der Waals surface area contributed by atoms with E-state index in [4.69, 9.17) is 0 Å². The molecular formula is C14H17N3. The number of nitrogens with one attached hydrogen (secondary N) is 1. The number of hydrogen-bond donors (Lipinski definition) is 1.